The zero-order valence-corrected chi connectivity index (χ0v) is 12.0. The number of hydrogen-bond donors (Lipinski definition) is 2. The molecule has 0 spiro atoms. The minimum Gasteiger partial charge on any atom is -0.464 e. The number of esters is 1. The van der Waals surface area contributed by atoms with Crippen LogP contribution in [0.2, 0.25) is 0 Å². The number of sulfonamides is 1. The van der Waals surface area contributed by atoms with Crippen molar-refractivity contribution in [3.8, 4) is 0 Å². The monoisotopic (exact) mass is 286 g/mol. The van der Waals surface area contributed by atoms with E-state index in [1.165, 1.54) is 0 Å². The van der Waals surface area contributed by atoms with Crippen molar-refractivity contribution < 1.29 is 17.9 Å². The largest absolute Gasteiger partial charge is 0.464 e. The zero-order chi connectivity index (χ0) is 14.5. The smallest absolute Gasteiger partial charge is 0.328 e. The van der Waals surface area contributed by atoms with Crippen molar-refractivity contribution in [1.29, 1.82) is 0 Å². The summed E-state index contributed by atoms with van der Waals surface area (Å²) in [5, 5.41) is 2.94. The van der Waals surface area contributed by atoms with E-state index in [0.717, 1.165) is 6.26 Å². The first-order chi connectivity index (χ1) is 8.81. The van der Waals surface area contributed by atoms with Gasteiger partial charge in [-0.25, -0.2) is 13.2 Å². The van der Waals surface area contributed by atoms with Crippen LogP contribution in [0, 0.1) is 0 Å². The van der Waals surface area contributed by atoms with Crippen molar-refractivity contribution in [2.45, 2.75) is 19.9 Å². The molecule has 19 heavy (non-hydrogen) atoms. The highest BCUT2D eigenvalue weighted by molar-refractivity contribution is 7.92. The quantitative estimate of drug-likeness (QED) is 0.773. The van der Waals surface area contributed by atoms with Gasteiger partial charge in [0.25, 0.3) is 0 Å². The molecule has 0 aromatic heterocycles. The molecule has 0 aliphatic rings. The third kappa shape index (κ3) is 5.60. The van der Waals surface area contributed by atoms with Crippen LogP contribution in [0.25, 0.3) is 0 Å². The van der Waals surface area contributed by atoms with E-state index in [2.05, 4.69) is 10.0 Å². The van der Waals surface area contributed by atoms with E-state index in [1.807, 2.05) is 0 Å². The SMILES string of the molecule is CCOC(=O)[C@H](C)Nc1cccc(NS(C)(=O)=O)c1. The minimum atomic E-state index is -3.32. The Balaban J connectivity index is 2.74. The lowest BCUT2D eigenvalue weighted by molar-refractivity contribution is -0.143. The molecule has 0 amide bonds. The number of rotatable bonds is 6. The standard InChI is InChI=1S/C12H18N2O4S/c1-4-18-12(15)9(2)13-10-6-5-7-11(8-10)14-19(3,16)17/h5-9,13-14H,4H2,1-3H3/t9-/m0/s1. The summed E-state index contributed by atoms with van der Waals surface area (Å²) in [5.74, 6) is -0.357. The highest BCUT2D eigenvalue weighted by atomic mass is 32.2. The molecular weight excluding hydrogens is 268 g/mol. The summed E-state index contributed by atoms with van der Waals surface area (Å²) in [6.07, 6.45) is 1.08. The lowest BCUT2D eigenvalue weighted by atomic mass is 10.2. The molecule has 106 valence electrons. The first-order valence-corrected chi connectivity index (χ1v) is 7.72. The van der Waals surface area contributed by atoms with E-state index in [9.17, 15) is 13.2 Å². The summed E-state index contributed by atoms with van der Waals surface area (Å²) in [4.78, 5) is 11.5. The van der Waals surface area contributed by atoms with Crippen molar-refractivity contribution in [1.82, 2.24) is 0 Å². The molecule has 0 fully saturated rings. The van der Waals surface area contributed by atoms with Crippen LogP contribution in [0.4, 0.5) is 11.4 Å². The Morgan fingerprint density at radius 1 is 1.37 bits per heavy atom. The molecule has 7 heteroatoms. The number of nitrogens with one attached hydrogen (secondary N) is 2. The van der Waals surface area contributed by atoms with E-state index in [4.69, 9.17) is 4.74 Å². The van der Waals surface area contributed by atoms with Crippen molar-refractivity contribution in [3.63, 3.8) is 0 Å². The molecule has 0 radical (unpaired) electrons. The summed E-state index contributed by atoms with van der Waals surface area (Å²) >= 11 is 0. The second-order valence-corrected chi connectivity index (χ2v) is 5.82. The fraction of sp³-hybridized carbons (Fsp3) is 0.417. The second kappa shape index (κ2) is 6.42. The molecule has 1 atom stereocenters. The molecule has 0 aliphatic heterocycles. The Hall–Kier alpha value is -1.76. The predicted molar refractivity (Wildman–Crippen MR) is 74.6 cm³/mol. The Bertz CT molecular complexity index is 542. The van der Waals surface area contributed by atoms with E-state index in [0.29, 0.717) is 18.0 Å². The van der Waals surface area contributed by atoms with Crippen LogP contribution < -0.4 is 10.0 Å². The van der Waals surface area contributed by atoms with Gasteiger partial charge in [0, 0.05) is 5.69 Å². The Labute approximate surface area is 113 Å². The van der Waals surface area contributed by atoms with Gasteiger partial charge < -0.3 is 10.1 Å². The number of anilines is 2. The van der Waals surface area contributed by atoms with Gasteiger partial charge in [-0.2, -0.15) is 0 Å². The second-order valence-electron chi connectivity index (χ2n) is 4.07. The van der Waals surface area contributed by atoms with Gasteiger partial charge in [-0.1, -0.05) is 6.07 Å². The van der Waals surface area contributed by atoms with Crippen LogP contribution in [0.1, 0.15) is 13.8 Å². The van der Waals surface area contributed by atoms with Crippen molar-refractivity contribution >= 4 is 27.4 Å². The highest BCUT2D eigenvalue weighted by Gasteiger charge is 2.13. The molecule has 0 unspecified atom stereocenters. The molecule has 0 saturated heterocycles. The normalized spacial score (nSPS) is 12.6. The molecule has 0 saturated carbocycles. The van der Waals surface area contributed by atoms with Gasteiger partial charge in [0.2, 0.25) is 10.0 Å². The first kappa shape index (κ1) is 15.3. The lowest BCUT2D eigenvalue weighted by Crippen LogP contribution is -2.28. The maximum atomic E-state index is 11.5. The van der Waals surface area contributed by atoms with Gasteiger partial charge >= 0.3 is 5.97 Å². The Kier molecular flexibility index (Phi) is 5.17. The molecule has 1 aromatic rings. The van der Waals surface area contributed by atoms with Crippen LogP contribution in [-0.4, -0.2) is 33.3 Å². The van der Waals surface area contributed by atoms with E-state index in [-0.39, 0.29) is 5.97 Å². The zero-order valence-electron chi connectivity index (χ0n) is 11.1. The topological polar surface area (TPSA) is 84.5 Å². The van der Waals surface area contributed by atoms with E-state index < -0.39 is 16.1 Å². The van der Waals surface area contributed by atoms with Crippen LogP contribution in [-0.2, 0) is 19.6 Å². The van der Waals surface area contributed by atoms with Gasteiger partial charge in [-0.05, 0) is 32.0 Å². The van der Waals surface area contributed by atoms with Crippen molar-refractivity contribution in [3.05, 3.63) is 24.3 Å². The maximum absolute atomic E-state index is 11.5. The average Bonchev–Trinajstić information content (AvgIpc) is 2.27. The molecule has 2 N–H and O–H groups in total. The lowest BCUT2D eigenvalue weighted by Gasteiger charge is -2.14. The number of ether oxygens (including phenoxy) is 1. The number of carbonyl (C=O) groups excluding carboxylic acids is 1. The number of benzene rings is 1. The Morgan fingerprint density at radius 2 is 2.00 bits per heavy atom. The molecule has 0 bridgehead atoms. The van der Waals surface area contributed by atoms with Crippen molar-refractivity contribution in [2.24, 2.45) is 0 Å². The van der Waals surface area contributed by atoms with Gasteiger partial charge in [0.1, 0.15) is 6.04 Å². The number of carbonyl (C=O) groups is 1. The highest BCUT2D eigenvalue weighted by Crippen LogP contribution is 2.17. The molecule has 1 rings (SSSR count). The van der Waals surface area contributed by atoms with Gasteiger partial charge in [-0.15, -0.1) is 0 Å². The summed E-state index contributed by atoms with van der Waals surface area (Å²) in [5.41, 5.74) is 1.07. The third-order valence-corrected chi connectivity index (χ3v) is 2.80. The summed E-state index contributed by atoms with van der Waals surface area (Å²) in [6.45, 7) is 3.73. The van der Waals surface area contributed by atoms with Crippen LogP contribution >= 0.6 is 0 Å². The van der Waals surface area contributed by atoms with Gasteiger partial charge in [0.15, 0.2) is 0 Å². The van der Waals surface area contributed by atoms with Crippen LogP contribution in [0.5, 0.6) is 0 Å². The summed E-state index contributed by atoms with van der Waals surface area (Å²) < 4.78 is 29.5. The first-order valence-electron chi connectivity index (χ1n) is 5.83. The number of hydrogen-bond acceptors (Lipinski definition) is 5. The van der Waals surface area contributed by atoms with Crippen LogP contribution in [0.15, 0.2) is 24.3 Å². The molecular formula is C12H18N2O4S. The van der Waals surface area contributed by atoms with Crippen LogP contribution in [0.3, 0.4) is 0 Å². The van der Waals surface area contributed by atoms with Gasteiger partial charge in [0.05, 0.1) is 18.6 Å². The van der Waals surface area contributed by atoms with Crippen molar-refractivity contribution in [2.75, 3.05) is 22.9 Å². The summed E-state index contributed by atoms with van der Waals surface area (Å²) in [6, 6.07) is 6.16. The minimum absolute atomic E-state index is 0.320. The van der Waals surface area contributed by atoms with E-state index >= 15 is 0 Å². The maximum Gasteiger partial charge on any atom is 0.328 e. The fourth-order valence-corrected chi connectivity index (χ4v) is 2.02. The average molecular weight is 286 g/mol. The van der Waals surface area contributed by atoms with E-state index in [1.54, 1.807) is 38.1 Å². The Morgan fingerprint density at radius 3 is 2.58 bits per heavy atom. The predicted octanol–water partition coefficient (Wildman–Crippen LogP) is 1.42. The molecule has 1 aromatic carbocycles. The third-order valence-electron chi connectivity index (χ3n) is 2.19. The fourth-order valence-electron chi connectivity index (χ4n) is 1.46. The molecule has 0 aliphatic carbocycles. The van der Waals surface area contributed by atoms with Gasteiger partial charge in [-0.3, -0.25) is 4.72 Å². The summed E-state index contributed by atoms with van der Waals surface area (Å²) in [7, 11) is -3.32. The molecule has 0 heterocycles. The molecule has 6 nitrogen and oxygen atoms in total.